The second-order valence-electron chi connectivity index (χ2n) is 5.43. The van der Waals surface area contributed by atoms with Crippen LogP contribution in [0.2, 0.25) is 0 Å². The minimum Gasteiger partial charge on any atom is -0.369 e. The van der Waals surface area contributed by atoms with Gasteiger partial charge in [0.05, 0.1) is 12.3 Å². The molecule has 3 heterocycles. The molecule has 2 aromatic rings. The molecule has 1 fully saturated rings. The predicted molar refractivity (Wildman–Crippen MR) is 79.7 cm³/mol. The maximum Gasteiger partial charge on any atom is 0.125 e. The number of aromatic nitrogens is 3. The third kappa shape index (κ3) is 3.43. The summed E-state index contributed by atoms with van der Waals surface area (Å²) < 4.78 is 5.87. The molecule has 0 unspecified atom stereocenters. The average Bonchev–Trinajstić information content (AvgIpc) is 2.50. The molecule has 1 aliphatic rings. The van der Waals surface area contributed by atoms with E-state index in [0.29, 0.717) is 0 Å². The molecule has 5 nitrogen and oxygen atoms in total. The summed E-state index contributed by atoms with van der Waals surface area (Å²) in [5.74, 6) is 0.788. The summed E-state index contributed by atoms with van der Waals surface area (Å²) in [6, 6.07) is 4.00. The second kappa shape index (κ2) is 6.28. The van der Waals surface area contributed by atoms with Crippen LogP contribution >= 0.6 is 0 Å². The number of hydrogen-bond donors (Lipinski definition) is 0. The Hall–Kier alpha value is -1.85. The van der Waals surface area contributed by atoms with Crippen molar-refractivity contribution in [1.82, 2.24) is 19.9 Å². The first-order chi connectivity index (χ1) is 10.2. The van der Waals surface area contributed by atoms with Gasteiger partial charge in [-0.1, -0.05) is 0 Å². The highest BCUT2D eigenvalue weighted by molar-refractivity contribution is 5.21. The van der Waals surface area contributed by atoms with E-state index >= 15 is 0 Å². The molecule has 21 heavy (non-hydrogen) atoms. The van der Waals surface area contributed by atoms with E-state index in [1.54, 1.807) is 6.20 Å². The van der Waals surface area contributed by atoms with Gasteiger partial charge < -0.3 is 4.74 Å². The molecule has 0 radical (unpaired) electrons. The number of nitrogens with zero attached hydrogens (tertiary/aromatic N) is 4. The topological polar surface area (TPSA) is 51.1 Å². The fourth-order valence-electron chi connectivity index (χ4n) is 2.58. The van der Waals surface area contributed by atoms with Crippen LogP contribution in [0, 0.1) is 13.8 Å². The fourth-order valence-corrected chi connectivity index (χ4v) is 2.58. The average molecular weight is 284 g/mol. The number of pyridine rings is 1. The Kier molecular flexibility index (Phi) is 4.22. The van der Waals surface area contributed by atoms with Crippen molar-refractivity contribution in [3.63, 3.8) is 0 Å². The third-order valence-corrected chi connectivity index (χ3v) is 3.82. The van der Waals surface area contributed by atoms with E-state index in [1.165, 1.54) is 11.1 Å². The van der Waals surface area contributed by atoms with Crippen LogP contribution < -0.4 is 0 Å². The highest BCUT2D eigenvalue weighted by Gasteiger charge is 2.23. The van der Waals surface area contributed by atoms with Crippen LogP contribution in [0.25, 0.3) is 0 Å². The summed E-state index contributed by atoms with van der Waals surface area (Å²) in [5.41, 5.74) is 3.53. The first kappa shape index (κ1) is 14.1. The highest BCUT2D eigenvalue weighted by atomic mass is 16.5. The molecule has 1 saturated heterocycles. The van der Waals surface area contributed by atoms with Crippen molar-refractivity contribution in [3.8, 4) is 0 Å². The monoisotopic (exact) mass is 284 g/mol. The zero-order valence-electron chi connectivity index (χ0n) is 12.5. The van der Waals surface area contributed by atoms with Crippen molar-refractivity contribution in [2.24, 2.45) is 0 Å². The van der Waals surface area contributed by atoms with Gasteiger partial charge in [0.25, 0.3) is 0 Å². The van der Waals surface area contributed by atoms with Gasteiger partial charge in [0.1, 0.15) is 11.9 Å². The second-order valence-corrected chi connectivity index (χ2v) is 5.43. The minimum absolute atomic E-state index is 0.0254. The van der Waals surface area contributed by atoms with E-state index in [2.05, 4.69) is 32.8 Å². The van der Waals surface area contributed by atoms with Crippen molar-refractivity contribution in [2.45, 2.75) is 26.5 Å². The molecule has 110 valence electrons. The van der Waals surface area contributed by atoms with E-state index in [9.17, 15) is 0 Å². The number of rotatable bonds is 3. The summed E-state index contributed by atoms with van der Waals surface area (Å²) in [7, 11) is 0. The van der Waals surface area contributed by atoms with Gasteiger partial charge in [0, 0.05) is 38.2 Å². The normalized spacial score (nSPS) is 19.6. The van der Waals surface area contributed by atoms with E-state index in [0.717, 1.165) is 37.8 Å². The predicted octanol–water partition coefficient (Wildman–Crippen LogP) is 2.06. The van der Waals surface area contributed by atoms with Crippen LogP contribution in [0.15, 0.2) is 30.7 Å². The van der Waals surface area contributed by atoms with Crippen LogP contribution in [0.4, 0.5) is 0 Å². The fraction of sp³-hybridized carbons (Fsp3) is 0.438. The molecule has 0 amide bonds. The van der Waals surface area contributed by atoms with Gasteiger partial charge in [-0.25, -0.2) is 9.97 Å². The molecule has 0 N–H and O–H groups in total. The minimum atomic E-state index is 0.0254. The van der Waals surface area contributed by atoms with Crippen LogP contribution in [0.1, 0.15) is 28.7 Å². The quantitative estimate of drug-likeness (QED) is 0.863. The Morgan fingerprint density at radius 3 is 3.00 bits per heavy atom. The summed E-state index contributed by atoms with van der Waals surface area (Å²) in [4.78, 5) is 15.2. The molecule has 1 aliphatic heterocycles. The van der Waals surface area contributed by atoms with Gasteiger partial charge in [-0.15, -0.1) is 0 Å². The molecule has 0 aromatic carbocycles. The van der Waals surface area contributed by atoms with Gasteiger partial charge in [-0.2, -0.15) is 0 Å². The van der Waals surface area contributed by atoms with Gasteiger partial charge in [-0.3, -0.25) is 9.88 Å². The zero-order chi connectivity index (χ0) is 14.7. The molecule has 0 bridgehead atoms. The lowest BCUT2D eigenvalue weighted by Crippen LogP contribution is -2.38. The lowest BCUT2D eigenvalue weighted by Gasteiger charge is -2.32. The molecule has 0 spiro atoms. The molecule has 0 saturated carbocycles. The van der Waals surface area contributed by atoms with Crippen molar-refractivity contribution in [3.05, 3.63) is 53.4 Å². The van der Waals surface area contributed by atoms with E-state index in [1.807, 2.05) is 25.4 Å². The van der Waals surface area contributed by atoms with Crippen LogP contribution in [-0.4, -0.2) is 39.5 Å². The van der Waals surface area contributed by atoms with E-state index in [4.69, 9.17) is 4.74 Å². The Bertz CT molecular complexity index is 617. The molecule has 0 aliphatic carbocycles. The number of aryl methyl sites for hydroxylation is 2. The Morgan fingerprint density at radius 2 is 2.19 bits per heavy atom. The lowest BCUT2D eigenvalue weighted by atomic mass is 10.1. The molecule has 2 aromatic heterocycles. The Balaban J connectivity index is 1.70. The van der Waals surface area contributed by atoms with Gasteiger partial charge in [-0.05, 0) is 37.1 Å². The lowest BCUT2D eigenvalue weighted by molar-refractivity contribution is -0.0352. The summed E-state index contributed by atoms with van der Waals surface area (Å²) in [6.45, 7) is 7.46. The summed E-state index contributed by atoms with van der Waals surface area (Å²) in [6.07, 6.45) is 5.61. The van der Waals surface area contributed by atoms with Gasteiger partial charge >= 0.3 is 0 Å². The number of ether oxygens (including phenoxy) is 1. The Morgan fingerprint density at radius 1 is 1.29 bits per heavy atom. The maximum absolute atomic E-state index is 5.87. The molecule has 5 heteroatoms. The maximum atomic E-state index is 5.87. The van der Waals surface area contributed by atoms with Crippen LogP contribution in [-0.2, 0) is 11.3 Å². The SMILES string of the molecule is Cc1nccc([C@H]2CN(Cc3cnccc3C)CCO2)n1. The first-order valence-corrected chi connectivity index (χ1v) is 7.25. The van der Waals surface area contributed by atoms with Crippen molar-refractivity contribution in [1.29, 1.82) is 0 Å². The van der Waals surface area contributed by atoms with Crippen molar-refractivity contribution < 1.29 is 4.74 Å². The molecular formula is C16H20N4O. The van der Waals surface area contributed by atoms with Crippen molar-refractivity contribution in [2.75, 3.05) is 19.7 Å². The van der Waals surface area contributed by atoms with Crippen LogP contribution in [0.5, 0.6) is 0 Å². The summed E-state index contributed by atoms with van der Waals surface area (Å²) >= 11 is 0. The molecule has 1 atom stereocenters. The number of morpholine rings is 1. The molecular weight excluding hydrogens is 264 g/mol. The summed E-state index contributed by atoms with van der Waals surface area (Å²) in [5, 5.41) is 0. The largest absolute Gasteiger partial charge is 0.369 e. The van der Waals surface area contributed by atoms with Gasteiger partial charge in [0.15, 0.2) is 0 Å². The standard InChI is InChI=1S/C16H20N4O/c1-12-3-5-17-9-14(12)10-20-7-8-21-16(11-20)15-4-6-18-13(2)19-15/h3-6,9,16H,7-8,10-11H2,1-2H3/t16-/m1/s1. The van der Waals surface area contributed by atoms with Crippen LogP contribution in [0.3, 0.4) is 0 Å². The zero-order valence-corrected chi connectivity index (χ0v) is 12.5. The van der Waals surface area contributed by atoms with E-state index in [-0.39, 0.29) is 6.10 Å². The molecule has 3 rings (SSSR count). The van der Waals surface area contributed by atoms with Crippen molar-refractivity contribution >= 4 is 0 Å². The van der Waals surface area contributed by atoms with Gasteiger partial charge in [0.2, 0.25) is 0 Å². The smallest absolute Gasteiger partial charge is 0.125 e. The highest BCUT2D eigenvalue weighted by Crippen LogP contribution is 2.22. The van der Waals surface area contributed by atoms with E-state index < -0.39 is 0 Å². The number of hydrogen-bond acceptors (Lipinski definition) is 5. The Labute approximate surface area is 125 Å². The first-order valence-electron chi connectivity index (χ1n) is 7.25. The third-order valence-electron chi connectivity index (χ3n) is 3.82.